The molecule has 0 amide bonds. The average molecular weight is 440 g/mol. The van der Waals surface area contributed by atoms with Crippen LogP contribution in [0.25, 0.3) is 11.1 Å². The molecule has 1 aromatic carbocycles. The number of aryl methyl sites for hydroxylation is 1. The van der Waals surface area contributed by atoms with E-state index in [2.05, 4.69) is 52.4 Å². The van der Waals surface area contributed by atoms with Gasteiger partial charge >= 0.3 is 0 Å². The molecule has 1 aliphatic heterocycles. The van der Waals surface area contributed by atoms with Crippen LogP contribution in [0.3, 0.4) is 0 Å². The van der Waals surface area contributed by atoms with Crippen molar-refractivity contribution >= 4 is 0 Å². The number of rotatable bonds is 8. The molecule has 1 saturated carbocycles. The monoisotopic (exact) mass is 439 g/mol. The van der Waals surface area contributed by atoms with E-state index in [1.54, 1.807) is 0 Å². The van der Waals surface area contributed by atoms with E-state index in [0.717, 1.165) is 73.3 Å². The highest BCUT2D eigenvalue weighted by atomic mass is 19.1. The van der Waals surface area contributed by atoms with Crippen molar-refractivity contribution in [2.75, 3.05) is 20.1 Å². The first-order chi connectivity index (χ1) is 15.6. The number of unbranched alkanes of at least 4 members (excludes halogenated alkanes) is 1. The maximum absolute atomic E-state index is 14.6. The van der Waals surface area contributed by atoms with E-state index in [0.29, 0.717) is 19.1 Å². The van der Waals surface area contributed by atoms with Crippen LogP contribution in [-0.2, 0) is 12.8 Å². The van der Waals surface area contributed by atoms with E-state index in [-0.39, 0.29) is 5.92 Å². The highest BCUT2D eigenvalue weighted by Gasteiger charge is 2.28. The van der Waals surface area contributed by atoms with Crippen molar-refractivity contribution in [1.82, 2.24) is 15.1 Å². The molecule has 0 spiro atoms. The minimum Gasteiger partial charge on any atom is -0.490 e. The van der Waals surface area contributed by atoms with Crippen LogP contribution in [0.1, 0.15) is 69.7 Å². The number of nitrogens with zero attached hydrogens (tertiary/aromatic N) is 3. The Labute approximate surface area is 192 Å². The minimum absolute atomic E-state index is 0.0288. The Morgan fingerprint density at radius 1 is 1.06 bits per heavy atom. The van der Waals surface area contributed by atoms with Gasteiger partial charge in [0.2, 0.25) is 0 Å². The van der Waals surface area contributed by atoms with Crippen molar-refractivity contribution in [3.05, 3.63) is 41.7 Å². The number of hydrogen-bond donors (Lipinski definition) is 0. The first-order valence-corrected chi connectivity index (χ1v) is 12.6. The van der Waals surface area contributed by atoms with Gasteiger partial charge in [0.05, 0.1) is 17.5 Å². The lowest BCUT2D eigenvalue weighted by molar-refractivity contribution is 0.102. The van der Waals surface area contributed by atoms with Crippen molar-refractivity contribution < 1.29 is 9.13 Å². The molecule has 2 atom stereocenters. The smallest absolute Gasteiger partial charge is 0.119 e. The molecule has 4 nitrogen and oxygen atoms in total. The summed E-state index contributed by atoms with van der Waals surface area (Å²) in [5, 5.41) is 9.11. The van der Waals surface area contributed by atoms with Gasteiger partial charge < -0.3 is 9.64 Å². The van der Waals surface area contributed by atoms with Gasteiger partial charge in [-0.2, -0.15) is 10.2 Å². The van der Waals surface area contributed by atoms with Crippen LogP contribution in [0.4, 0.5) is 4.39 Å². The average Bonchev–Trinajstić information content (AvgIpc) is 2.81. The SMILES string of the molecule is CCCCc1nnc(CC2CCN(C)CC2F)cc1-c1ccc(OC2CCCCC2)cc1. The van der Waals surface area contributed by atoms with Crippen molar-refractivity contribution in [2.24, 2.45) is 5.92 Å². The van der Waals surface area contributed by atoms with Gasteiger partial charge in [0, 0.05) is 12.1 Å². The van der Waals surface area contributed by atoms with Gasteiger partial charge in [0.1, 0.15) is 11.9 Å². The van der Waals surface area contributed by atoms with E-state index in [1.807, 2.05) is 7.05 Å². The van der Waals surface area contributed by atoms with Crippen LogP contribution in [0, 0.1) is 5.92 Å². The van der Waals surface area contributed by atoms with Crippen LogP contribution in [0.2, 0.25) is 0 Å². The molecule has 1 aliphatic carbocycles. The van der Waals surface area contributed by atoms with Crippen LogP contribution in [0.15, 0.2) is 30.3 Å². The summed E-state index contributed by atoms with van der Waals surface area (Å²) in [7, 11) is 1.99. The predicted molar refractivity (Wildman–Crippen MR) is 128 cm³/mol. The van der Waals surface area contributed by atoms with Crippen molar-refractivity contribution in [3.63, 3.8) is 0 Å². The van der Waals surface area contributed by atoms with E-state index in [9.17, 15) is 4.39 Å². The number of halogens is 1. The highest BCUT2D eigenvalue weighted by molar-refractivity contribution is 5.66. The molecule has 4 rings (SSSR count). The van der Waals surface area contributed by atoms with Crippen molar-refractivity contribution in [3.8, 4) is 16.9 Å². The third-order valence-electron chi connectivity index (χ3n) is 7.06. The second-order valence-corrected chi connectivity index (χ2v) is 9.73. The lowest BCUT2D eigenvalue weighted by Gasteiger charge is -2.32. The third-order valence-corrected chi connectivity index (χ3v) is 7.06. The Morgan fingerprint density at radius 3 is 2.56 bits per heavy atom. The summed E-state index contributed by atoms with van der Waals surface area (Å²) in [6, 6.07) is 10.6. The van der Waals surface area contributed by atoms with Gasteiger partial charge in [-0.05, 0) is 94.6 Å². The summed E-state index contributed by atoms with van der Waals surface area (Å²) in [6.45, 7) is 3.66. The summed E-state index contributed by atoms with van der Waals surface area (Å²) in [6.07, 6.45) is 10.4. The molecule has 2 heterocycles. The van der Waals surface area contributed by atoms with Gasteiger partial charge in [-0.1, -0.05) is 31.9 Å². The summed E-state index contributed by atoms with van der Waals surface area (Å²) in [5.41, 5.74) is 4.22. The Hall–Kier alpha value is -2.01. The van der Waals surface area contributed by atoms with Crippen LogP contribution in [-0.4, -0.2) is 47.5 Å². The summed E-state index contributed by atoms with van der Waals surface area (Å²) in [5.74, 6) is 0.978. The number of hydrogen-bond acceptors (Lipinski definition) is 4. The van der Waals surface area contributed by atoms with Crippen molar-refractivity contribution in [1.29, 1.82) is 0 Å². The lowest BCUT2D eigenvalue weighted by Crippen LogP contribution is -2.40. The van der Waals surface area contributed by atoms with Crippen LogP contribution >= 0.6 is 0 Å². The zero-order valence-electron chi connectivity index (χ0n) is 19.7. The molecule has 1 saturated heterocycles. The summed E-state index contributed by atoms with van der Waals surface area (Å²) >= 11 is 0. The van der Waals surface area contributed by atoms with E-state index >= 15 is 0 Å². The standard InChI is InChI=1S/C27H38FN3O/c1-3-4-10-27-25(18-22(29-30-27)17-21-15-16-31(2)19-26(21)28)20-11-13-24(14-12-20)32-23-8-6-5-7-9-23/h11-14,18,21,23,26H,3-10,15-17,19H2,1-2H3. The van der Waals surface area contributed by atoms with Gasteiger partial charge in [-0.15, -0.1) is 0 Å². The van der Waals surface area contributed by atoms with E-state index in [4.69, 9.17) is 4.74 Å². The van der Waals surface area contributed by atoms with Crippen molar-refractivity contribution in [2.45, 2.75) is 83.4 Å². The molecule has 1 aromatic heterocycles. The summed E-state index contributed by atoms with van der Waals surface area (Å²) in [4.78, 5) is 2.07. The Bertz CT molecular complexity index is 850. The number of alkyl halides is 1. The molecule has 2 aliphatic rings. The molecule has 5 heteroatoms. The molecule has 0 radical (unpaired) electrons. The number of piperidine rings is 1. The topological polar surface area (TPSA) is 38.2 Å². The fourth-order valence-corrected chi connectivity index (χ4v) is 5.03. The second kappa shape index (κ2) is 11.2. The molecule has 2 unspecified atom stereocenters. The highest BCUT2D eigenvalue weighted by Crippen LogP contribution is 2.30. The Morgan fingerprint density at radius 2 is 1.84 bits per heavy atom. The largest absolute Gasteiger partial charge is 0.490 e. The Kier molecular flexibility index (Phi) is 8.12. The third kappa shape index (κ3) is 6.06. The number of likely N-dealkylation sites (tertiary alicyclic amines) is 1. The number of ether oxygens (including phenoxy) is 1. The molecular weight excluding hydrogens is 401 g/mol. The molecule has 0 bridgehead atoms. The Balaban J connectivity index is 1.51. The molecule has 174 valence electrons. The van der Waals surface area contributed by atoms with E-state index in [1.165, 1.54) is 19.3 Å². The number of benzene rings is 1. The van der Waals surface area contributed by atoms with Gasteiger partial charge in [0.15, 0.2) is 0 Å². The predicted octanol–water partition coefficient (Wildman–Crippen LogP) is 6.03. The first-order valence-electron chi connectivity index (χ1n) is 12.6. The maximum atomic E-state index is 14.6. The molecule has 2 fully saturated rings. The van der Waals surface area contributed by atoms with Crippen LogP contribution < -0.4 is 4.74 Å². The second-order valence-electron chi connectivity index (χ2n) is 9.73. The maximum Gasteiger partial charge on any atom is 0.119 e. The van der Waals surface area contributed by atoms with Gasteiger partial charge in [-0.3, -0.25) is 0 Å². The van der Waals surface area contributed by atoms with Gasteiger partial charge in [0.25, 0.3) is 0 Å². The van der Waals surface area contributed by atoms with Crippen LogP contribution in [0.5, 0.6) is 5.75 Å². The van der Waals surface area contributed by atoms with Gasteiger partial charge in [-0.25, -0.2) is 4.39 Å². The zero-order valence-corrected chi connectivity index (χ0v) is 19.7. The lowest BCUT2D eigenvalue weighted by atomic mass is 9.90. The quantitative estimate of drug-likeness (QED) is 0.503. The number of aromatic nitrogens is 2. The molecule has 2 aromatic rings. The summed E-state index contributed by atoms with van der Waals surface area (Å²) < 4.78 is 20.8. The molecular formula is C27H38FN3O. The fraction of sp³-hybridized carbons (Fsp3) is 0.630. The normalized spacial score (nSPS) is 22.7. The molecule has 0 N–H and O–H groups in total. The zero-order chi connectivity index (χ0) is 22.3. The molecule has 32 heavy (non-hydrogen) atoms. The fourth-order valence-electron chi connectivity index (χ4n) is 5.03. The van der Waals surface area contributed by atoms with E-state index < -0.39 is 6.17 Å². The minimum atomic E-state index is -0.796. The first kappa shape index (κ1) is 23.2.